The quantitative estimate of drug-likeness (QED) is 0.860. The Morgan fingerprint density at radius 2 is 2.11 bits per heavy atom. The van der Waals surface area contributed by atoms with Gasteiger partial charge in [-0.2, -0.15) is 0 Å². The van der Waals surface area contributed by atoms with E-state index in [1.54, 1.807) is 0 Å². The normalized spacial score (nSPS) is 21.3. The van der Waals surface area contributed by atoms with Gasteiger partial charge in [0.15, 0.2) is 6.29 Å². The van der Waals surface area contributed by atoms with Crippen molar-refractivity contribution >= 4 is 11.6 Å². The van der Waals surface area contributed by atoms with Crippen molar-refractivity contribution in [1.82, 2.24) is 0 Å². The van der Waals surface area contributed by atoms with E-state index in [9.17, 15) is 4.79 Å². The van der Waals surface area contributed by atoms with E-state index in [1.807, 2.05) is 24.3 Å². The molecule has 0 radical (unpaired) electrons. The number of anilines is 1. The number of amides is 1. The van der Waals surface area contributed by atoms with Crippen molar-refractivity contribution in [3.8, 4) is 0 Å². The Labute approximate surface area is 112 Å². The SMILES string of the molecule is NCC1(C(=O)Nc2cccc(C3OCCO3)c2)CC1. The molecule has 1 saturated carbocycles. The van der Waals surface area contributed by atoms with Crippen molar-refractivity contribution in [1.29, 1.82) is 0 Å². The second-order valence-electron chi connectivity index (χ2n) is 5.14. The zero-order chi connectivity index (χ0) is 13.3. The van der Waals surface area contributed by atoms with E-state index in [4.69, 9.17) is 15.2 Å². The fourth-order valence-electron chi connectivity index (χ4n) is 2.25. The van der Waals surface area contributed by atoms with Crippen LogP contribution in [0.2, 0.25) is 0 Å². The maximum Gasteiger partial charge on any atom is 0.231 e. The van der Waals surface area contributed by atoms with Gasteiger partial charge in [0.1, 0.15) is 0 Å². The third-order valence-electron chi connectivity index (χ3n) is 3.76. The molecule has 1 amide bonds. The zero-order valence-electron chi connectivity index (χ0n) is 10.7. The number of benzene rings is 1. The smallest absolute Gasteiger partial charge is 0.231 e. The van der Waals surface area contributed by atoms with Crippen molar-refractivity contribution in [2.75, 3.05) is 25.1 Å². The van der Waals surface area contributed by atoms with Crippen LogP contribution in [0.5, 0.6) is 0 Å². The summed E-state index contributed by atoms with van der Waals surface area (Å²) in [5.41, 5.74) is 7.00. The average Bonchev–Trinajstić information content (AvgIpc) is 3.05. The molecule has 5 nitrogen and oxygen atoms in total. The van der Waals surface area contributed by atoms with Gasteiger partial charge < -0.3 is 20.5 Å². The highest BCUT2D eigenvalue weighted by molar-refractivity contribution is 5.97. The molecule has 1 aromatic rings. The predicted molar refractivity (Wildman–Crippen MR) is 70.4 cm³/mol. The molecule has 0 atom stereocenters. The summed E-state index contributed by atoms with van der Waals surface area (Å²) in [6.07, 6.45) is 1.44. The summed E-state index contributed by atoms with van der Waals surface area (Å²) >= 11 is 0. The molecule has 1 aliphatic carbocycles. The highest BCUT2D eigenvalue weighted by Gasteiger charge is 2.48. The first kappa shape index (κ1) is 12.6. The van der Waals surface area contributed by atoms with Gasteiger partial charge in [-0.3, -0.25) is 4.79 Å². The second-order valence-corrected chi connectivity index (χ2v) is 5.14. The van der Waals surface area contributed by atoms with E-state index in [1.165, 1.54) is 0 Å². The Balaban J connectivity index is 1.71. The molecule has 0 bridgehead atoms. The van der Waals surface area contributed by atoms with Crippen LogP contribution < -0.4 is 11.1 Å². The number of ether oxygens (including phenoxy) is 2. The third-order valence-corrected chi connectivity index (χ3v) is 3.76. The molecular weight excluding hydrogens is 244 g/mol. The fourth-order valence-corrected chi connectivity index (χ4v) is 2.25. The van der Waals surface area contributed by atoms with Crippen molar-refractivity contribution < 1.29 is 14.3 Å². The van der Waals surface area contributed by atoms with Crippen LogP contribution in [0.4, 0.5) is 5.69 Å². The summed E-state index contributed by atoms with van der Waals surface area (Å²) in [4.78, 5) is 12.1. The first-order chi connectivity index (χ1) is 9.23. The number of rotatable bonds is 4. The van der Waals surface area contributed by atoms with Gasteiger partial charge in [-0.05, 0) is 25.0 Å². The van der Waals surface area contributed by atoms with Gasteiger partial charge in [-0.25, -0.2) is 0 Å². The predicted octanol–water partition coefficient (Wildman–Crippen LogP) is 1.41. The van der Waals surface area contributed by atoms with E-state index >= 15 is 0 Å². The van der Waals surface area contributed by atoms with Crippen molar-refractivity contribution in [2.24, 2.45) is 11.1 Å². The Bertz CT molecular complexity index is 479. The van der Waals surface area contributed by atoms with Gasteiger partial charge in [0.25, 0.3) is 0 Å². The lowest BCUT2D eigenvalue weighted by Gasteiger charge is -2.15. The summed E-state index contributed by atoms with van der Waals surface area (Å²) in [6, 6.07) is 7.57. The first-order valence-electron chi connectivity index (χ1n) is 6.58. The molecule has 1 aliphatic heterocycles. The summed E-state index contributed by atoms with van der Waals surface area (Å²) in [5, 5.41) is 2.93. The largest absolute Gasteiger partial charge is 0.346 e. The molecule has 102 valence electrons. The van der Waals surface area contributed by atoms with Crippen LogP contribution >= 0.6 is 0 Å². The number of carbonyl (C=O) groups is 1. The molecule has 1 saturated heterocycles. The van der Waals surface area contributed by atoms with Crippen molar-refractivity contribution in [2.45, 2.75) is 19.1 Å². The Kier molecular flexibility index (Phi) is 3.26. The molecule has 2 fully saturated rings. The van der Waals surface area contributed by atoms with Crippen LogP contribution in [0.15, 0.2) is 24.3 Å². The van der Waals surface area contributed by atoms with Crippen LogP contribution in [-0.4, -0.2) is 25.7 Å². The molecule has 0 spiro atoms. The maximum atomic E-state index is 12.1. The van der Waals surface area contributed by atoms with Crippen LogP contribution in [0.3, 0.4) is 0 Å². The van der Waals surface area contributed by atoms with Gasteiger partial charge in [0.2, 0.25) is 5.91 Å². The van der Waals surface area contributed by atoms with Crippen molar-refractivity contribution in [3.05, 3.63) is 29.8 Å². The van der Waals surface area contributed by atoms with Gasteiger partial charge in [-0.1, -0.05) is 12.1 Å². The first-order valence-corrected chi connectivity index (χ1v) is 6.58. The molecule has 0 aromatic heterocycles. The Hall–Kier alpha value is -1.43. The number of nitrogens with two attached hydrogens (primary N) is 1. The van der Waals surface area contributed by atoms with E-state index in [0.29, 0.717) is 19.8 Å². The molecule has 19 heavy (non-hydrogen) atoms. The maximum absolute atomic E-state index is 12.1. The standard InChI is InChI=1S/C14H18N2O3/c15-9-14(4-5-14)13(17)16-11-3-1-2-10(8-11)12-18-6-7-19-12/h1-3,8,12H,4-7,9,15H2,(H,16,17). The Morgan fingerprint density at radius 3 is 2.74 bits per heavy atom. The zero-order valence-corrected chi connectivity index (χ0v) is 10.7. The third kappa shape index (κ3) is 2.49. The highest BCUT2D eigenvalue weighted by atomic mass is 16.7. The number of hydrogen-bond donors (Lipinski definition) is 2. The fraction of sp³-hybridized carbons (Fsp3) is 0.500. The van der Waals surface area contributed by atoms with Crippen LogP contribution in [0.1, 0.15) is 24.7 Å². The van der Waals surface area contributed by atoms with Crippen LogP contribution in [-0.2, 0) is 14.3 Å². The summed E-state index contributed by atoms with van der Waals surface area (Å²) in [5.74, 6) is 0.0143. The van der Waals surface area contributed by atoms with E-state index in [-0.39, 0.29) is 17.6 Å². The van der Waals surface area contributed by atoms with E-state index < -0.39 is 0 Å². The minimum Gasteiger partial charge on any atom is -0.346 e. The van der Waals surface area contributed by atoms with Gasteiger partial charge >= 0.3 is 0 Å². The Morgan fingerprint density at radius 1 is 1.37 bits per heavy atom. The van der Waals surface area contributed by atoms with Gasteiger partial charge in [-0.15, -0.1) is 0 Å². The minimum atomic E-state index is -0.337. The second kappa shape index (κ2) is 4.92. The van der Waals surface area contributed by atoms with Crippen LogP contribution in [0, 0.1) is 5.41 Å². The molecule has 3 N–H and O–H groups in total. The van der Waals surface area contributed by atoms with Gasteiger partial charge in [0, 0.05) is 17.8 Å². The lowest BCUT2D eigenvalue weighted by Crippen LogP contribution is -2.30. The summed E-state index contributed by atoms with van der Waals surface area (Å²) < 4.78 is 10.9. The van der Waals surface area contributed by atoms with E-state index in [2.05, 4.69) is 5.32 Å². The monoisotopic (exact) mass is 262 g/mol. The molecule has 1 heterocycles. The molecular formula is C14H18N2O3. The van der Waals surface area contributed by atoms with Crippen LogP contribution in [0.25, 0.3) is 0 Å². The molecule has 1 aromatic carbocycles. The lowest BCUT2D eigenvalue weighted by molar-refractivity contribution is -0.120. The molecule has 0 unspecified atom stereocenters. The topological polar surface area (TPSA) is 73.6 Å². The lowest BCUT2D eigenvalue weighted by atomic mass is 10.1. The number of carbonyl (C=O) groups excluding carboxylic acids is 1. The molecule has 3 rings (SSSR count). The number of nitrogens with one attached hydrogen (secondary N) is 1. The minimum absolute atomic E-state index is 0.0143. The van der Waals surface area contributed by atoms with Crippen molar-refractivity contribution in [3.63, 3.8) is 0 Å². The van der Waals surface area contributed by atoms with E-state index in [0.717, 1.165) is 24.1 Å². The summed E-state index contributed by atoms with van der Waals surface area (Å²) in [6.45, 7) is 1.63. The average molecular weight is 262 g/mol. The number of hydrogen-bond acceptors (Lipinski definition) is 4. The van der Waals surface area contributed by atoms with Gasteiger partial charge in [0.05, 0.1) is 18.6 Å². The molecule has 2 aliphatic rings. The molecule has 5 heteroatoms. The highest BCUT2D eigenvalue weighted by Crippen LogP contribution is 2.45. The summed E-state index contributed by atoms with van der Waals surface area (Å²) in [7, 11) is 0.